The number of nitrogens with two attached hydrogens (primary N) is 1. The molecule has 0 saturated carbocycles. The van der Waals surface area contributed by atoms with Crippen LogP contribution < -0.4 is 15.8 Å². The van der Waals surface area contributed by atoms with Gasteiger partial charge in [0.25, 0.3) is 0 Å². The van der Waals surface area contributed by atoms with Gasteiger partial charge in [-0.1, -0.05) is 24.3 Å². The van der Waals surface area contributed by atoms with E-state index in [-0.39, 0.29) is 24.0 Å². The van der Waals surface area contributed by atoms with E-state index in [1.165, 1.54) is 0 Å². The average molecular weight is 440 g/mol. The van der Waals surface area contributed by atoms with Gasteiger partial charge in [0, 0.05) is 37.8 Å². The van der Waals surface area contributed by atoms with Gasteiger partial charge in [-0.25, -0.2) is 0 Å². The Morgan fingerprint density at radius 3 is 2.75 bits per heavy atom. The molecular formula is C18H25IN4O. The molecule has 1 aromatic heterocycles. The van der Waals surface area contributed by atoms with E-state index in [2.05, 4.69) is 15.3 Å². The van der Waals surface area contributed by atoms with E-state index in [1.807, 2.05) is 49.4 Å². The summed E-state index contributed by atoms with van der Waals surface area (Å²) in [6.45, 7) is 4.05. The van der Waals surface area contributed by atoms with Crippen LogP contribution in [0.3, 0.4) is 0 Å². The van der Waals surface area contributed by atoms with Crippen LogP contribution in [0.4, 0.5) is 0 Å². The second-order valence-corrected chi connectivity index (χ2v) is 5.23. The van der Waals surface area contributed by atoms with E-state index in [1.54, 1.807) is 6.20 Å². The van der Waals surface area contributed by atoms with Crippen molar-refractivity contribution in [2.45, 2.75) is 19.8 Å². The normalized spacial score (nSPS) is 10.8. The molecule has 0 atom stereocenters. The second-order valence-electron chi connectivity index (χ2n) is 5.23. The molecule has 0 radical (unpaired) electrons. The fourth-order valence-electron chi connectivity index (χ4n) is 2.09. The fraction of sp³-hybridized carbons (Fsp3) is 0.333. The van der Waals surface area contributed by atoms with Gasteiger partial charge in [0.15, 0.2) is 5.96 Å². The van der Waals surface area contributed by atoms with Crippen LogP contribution in [0.5, 0.6) is 5.75 Å². The second kappa shape index (κ2) is 11.7. The van der Waals surface area contributed by atoms with E-state index in [0.717, 1.165) is 36.4 Å². The van der Waals surface area contributed by atoms with Crippen molar-refractivity contribution >= 4 is 29.9 Å². The molecule has 24 heavy (non-hydrogen) atoms. The molecular weight excluding hydrogens is 415 g/mol. The molecule has 0 amide bonds. The third-order valence-corrected chi connectivity index (χ3v) is 3.35. The van der Waals surface area contributed by atoms with Crippen molar-refractivity contribution in [1.82, 2.24) is 10.3 Å². The Bertz CT molecular complexity index is 619. The van der Waals surface area contributed by atoms with Crippen LogP contribution in [0.15, 0.2) is 53.7 Å². The van der Waals surface area contributed by atoms with Gasteiger partial charge in [-0.3, -0.25) is 9.98 Å². The van der Waals surface area contributed by atoms with Crippen LogP contribution in [0.25, 0.3) is 0 Å². The molecule has 2 aromatic rings. The predicted octanol–water partition coefficient (Wildman–Crippen LogP) is 2.92. The number of benzene rings is 1. The van der Waals surface area contributed by atoms with Crippen LogP contribution in [0.1, 0.15) is 17.7 Å². The van der Waals surface area contributed by atoms with Crippen LogP contribution in [0.2, 0.25) is 0 Å². The van der Waals surface area contributed by atoms with Gasteiger partial charge < -0.3 is 15.8 Å². The SMILES string of the molecule is Cc1ccccc1OCCCN=C(N)NCCc1ccccn1.I. The molecule has 0 bridgehead atoms. The number of nitrogens with one attached hydrogen (secondary N) is 1. The van der Waals surface area contributed by atoms with Crippen molar-refractivity contribution in [3.05, 3.63) is 59.9 Å². The lowest BCUT2D eigenvalue weighted by Crippen LogP contribution is -2.33. The van der Waals surface area contributed by atoms with Crippen LogP contribution in [0, 0.1) is 6.92 Å². The highest BCUT2D eigenvalue weighted by Crippen LogP contribution is 2.15. The van der Waals surface area contributed by atoms with E-state index in [0.29, 0.717) is 19.1 Å². The van der Waals surface area contributed by atoms with Crippen LogP contribution >= 0.6 is 24.0 Å². The minimum atomic E-state index is 0. The molecule has 0 aliphatic rings. The van der Waals surface area contributed by atoms with Gasteiger partial charge in [0.2, 0.25) is 0 Å². The quantitative estimate of drug-likeness (QED) is 0.287. The lowest BCUT2D eigenvalue weighted by atomic mass is 10.2. The summed E-state index contributed by atoms with van der Waals surface area (Å²) in [5, 5.41) is 3.10. The van der Waals surface area contributed by atoms with E-state index in [9.17, 15) is 0 Å². The summed E-state index contributed by atoms with van der Waals surface area (Å²) in [5.41, 5.74) is 8.02. The van der Waals surface area contributed by atoms with E-state index in [4.69, 9.17) is 10.5 Å². The highest BCUT2D eigenvalue weighted by molar-refractivity contribution is 14.0. The first-order valence-corrected chi connectivity index (χ1v) is 7.88. The number of nitrogens with zero attached hydrogens (tertiary/aromatic N) is 2. The molecule has 0 unspecified atom stereocenters. The maximum Gasteiger partial charge on any atom is 0.188 e. The number of rotatable bonds is 8. The Kier molecular flexibility index (Phi) is 9.83. The molecule has 0 fully saturated rings. The summed E-state index contributed by atoms with van der Waals surface area (Å²) >= 11 is 0. The Morgan fingerprint density at radius 1 is 1.21 bits per heavy atom. The zero-order valence-corrected chi connectivity index (χ0v) is 16.3. The number of para-hydroxylation sites is 1. The summed E-state index contributed by atoms with van der Waals surface area (Å²) in [6, 6.07) is 13.9. The summed E-state index contributed by atoms with van der Waals surface area (Å²) in [6.07, 6.45) is 3.45. The highest BCUT2D eigenvalue weighted by Gasteiger charge is 1.98. The summed E-state index contributed by atoms with van der Waals surface area (Å²) in [5.74, 6) is 1.40. The molecule has 1 heterocycles. The topological polar surface area (TPSA) is 72.5 Å². The Balaban J connectivity index is 0.00000288. The minimum absolute atomic E-state index is 0. The maximum absolute atomic E-state index is 5.83. The third kappa shape index (κ3) is 7.63. The van der Waals surface area contributed by atoms with E-state index < -0.39 is 0 Å². The number of halogens is 1. The van der Waals surface area contributed by atoms with Gasteiger partial charge in [0.05, 0.1) is 6.61 Å². The molecule has 0 saturated heterocycles. The predicted molar refractivity (Wildman–Crippen MR) is 109 cm³/mol. The lowest BCUT2D eigenvalue weighted by molar-refractivity contribution is 0.311. The monoisotopic (exact) mass is 440 g/mol. The Hall–Kier alpha value is -1.83. The fourth-order valence-corrected chi connectivity index (χ4v) is 2.09. The highest BCUT2D eigenvalue weighted by atomic mass is 127. The summed E-state index contributed by atoms with van der Waals surface area (Å²) in [4.78, 5) is 8.55. The molecule has 1 aromatic carbocycles. The number of pyridine rings is 1. The van der Waals surface area contributed by atoms with Crippen LogP contribution in [-0.2, 0) is 6.42 Å². The number of ether oxygens (including phenoxy) is 1. The van der Waals surface area contributed by atoms with Gasteiger partial charge in [-0.05, 0) is 30.7 Å². The number of hydrogen-bond donors (Lipinski definition) is 2. The first-order chi connectivity index (χ1) is 11.3. The molecule has 5 nitrogen and oxygen atoms in total. The molecule has 6 heteroatoms. The standard InChI is InChI=1S/C18H24N4O.HI/c1-15-7-2-3-9-17(15)23-14-6-12-21-18(19)22-13-10-16-8-4-5-11-20-16;/h2-5,7-9,11H,6,10,12-14H2,1H3,(H3,19,21,22);1H. The Morgan fingerprint density at radius 2 is 2.00 bits per heavy atom. The molecule has 130 valence electrons. The lowest BCUT2D eigenvalue weighted by Gasteiger charge is -2.08. The average Bonchev–Trinajstić information content (AvgIpc) is 2.57. The summed E-state index contributed by atoms with van der Waals surface area (Å²) < 4.78 is 5.72. The largest absolute Gasteiger partial charge is 0.493 e. The van der Waals surface area contributed by atoms with Gasteiger partial charge in [0.1, 0.15) is 5.75 Å². The molecule has 0 spiro atoms. The smallest absolute Gasteiger partial charge is 0.188 e. The number of aromatic nitrogens is 1. The van der Waals surface area contributed by atoms with Crippen molar-refractivity contribution in [3.8, 4) is 5.75 Å². The zero-order chi connectivity index (χ0) is 16.3. The number of guanidine groups is 1. The first kappa shape index (κ1) is 20.2. The van der Waals surface area contributed by atoms with Crippen LogP contribution in [-0.4, -0.2) is 30.6 Å². The van der Waals surface area contributed by atoms with Gasteiger partial charge >= 0.3 is 0 Å². The van der Waals surface area contributed by atoms with Gasteiger partial charge in [-0.15, -0.1) is 24.0 Å². The Labute approximate surface area is 160 Å². The van der Waals surface area contributed by atoms with Crippen molar-refractivity contribution in [1.29, 1.82) is 0 Å². The van der Waals surface area contributed by atoms with Crippen molar-refractivity contribution in [2.75, 3.05) is 19.7 Å². The summed E-state index contributed by atoms with van der Waals surface area (Å²) in [7, 11) is 0. The van der Waals surface area contributed by atoms with Crippen molar-refractivity contribution < 1.29 is 4.74 Å². The maximum atomic E-state index is 5.83. The first-order valence-electron chi connectivity index (χ1n) is 7.88. The molecule has 3 N–H and O–H groups in total. The third-order valence-electron chi connectivity index (χ3n) is 3.35. The zero-order valence-electron chi connectivity index (χ0n) is 13.9. The van der Waals surface area contributed by atoms with Gasteiger partial charge in [-0.2, -0.15) is 0 Å². The molecule has 0 aliphatic carbocycles. The van der Waals surface area contributed by atoms with Crippen molar-refractivity contribution in [3.63, 3.8) is 0 Å². The molecule has 2 rings (SSSR count). The molecule has 0 aliphatic heterocycles. The number of hydrogen-bond acceptors (Lipinski definition) is 3. The minimum Gasteiger partial charge on any atom is -0.493 e. The number of aryl methyl sites for hydroxylation is 1. The number of aliphatic imine (C=N–C) groups is 1. The van der Waals surface area contributed by atoms with Crippen molar-refractivity contribution in [2.24, 2.45) is 10.7 Å². The van der Waals surface area contributed by atoms with E-state index >= 15 is 0 Å².